The van der Waals surface area contributed by atoms with Gasteiger partial charge in [0, 0.05) is 24.2 Å². The minimum absolute atomic E-state index is 0.00285. The van der Waals surface area contributed by atoms with Crippen LogP contribution in [-0.2, 0) is 11.2 Å². The van der Waals surface area contributed by atoms with Gasteiger partial charge in [-0.15, -0.1) is 0 Å². The molecule has 2 rings (SSSR count). The lowest BCUT2D eigenvalue weighted by Crippen LogP contribution is -2.35. The lowest BCUT2D eigenvalue weighted by Gasteiger charge is -2.21. The molecule has 2 unspecified atom stereocenters. The Kier molecular flexibility index (Phi) is 4.34. The third kappa shape index (κ3) is 2.96. The van der Waals surface area contributed by atoms with Crippen LogP contribution in [0.25, 0.3) is 0 Å². The van der Waals surface area contributed by atoms with E-state index in [1.807, 2.05) is 6.92 Å². The van der Waals surface area contributed by atoms with Crippen LogP contribution in [0.15, 0.2) is 24.3 Å². The molecule has 0 saturated carbocycles. The van der Waals surface area contributed by atoms with Crippen LogP contribution in [0.5, 0.6) is 0 Å². The fourth-order valence-electron chi connectivity index (χ4n) is 2.76. The van der Waals surface area contributed by atoms with Gasteiger partial charge in [-0.25, -0.2) is 0 Å². The monoisotopic (exact) mass is 277 g/mol. The van der Waals surface area contributed by atoms with Crippen molar-refractivity contribution in [2.75, 3.05) is 13.1 Å². The van der Waals surface area contributed by atoms with Crippen LogP contribution in [0.3, 0.4) is 0 Å². The summed E-state index contributed by atoms with van der Waals surface area (Å²) < 4.78 is 0. The maximum atomic E-state index is 12.3. The number of carbonyl (C=O) groups is 1. The number of nitro benzene ring substituents is 1. The van der Waals surface area contributed by atoms with E-state index in [1.54, 1.807) is 23.1 Å². The van der Waals surface area contributed by atoms with Crippen molar-refractivity contribution in [3.8, 4) is 0 Å². The molecule has 0 radical (unpaired) electrons. The number of nitrogens with zero attached hydrogens (tertiary/aromatic N) is 2. The molecule has 20 heavy (non-hydrogen) atoms. The van der Waals surface area contributed by atoms with Crippen molar-refractivity contribution in [2.24, 2.45) is 11.7 Å². The fourth-order valence-corrected chi connectivity index (χ4v) is 2.76. The fraction of sp³-hybridized carbons (Fsp3) is 0.500. The largest absolute Gasteiger partial charge is 0.339 e. The normalized spacial score (nSPS) is 22.0. The van der Waals surface area contributed by atoms with Gasteiger partial charge in [0.15, 0.2) is 0 Å². The summed E-state index contributed by atoms with van der Waals surface area (Å²) in [7, 11) is 0. The van der Waals surface area contributed by atoms with Gasteiger partial charge in [-0.05, 0) is 25.8 Å². The topological polar surface area (TPSA) is 89.5 Å². The first kappa shape index (κ1) is 14.5. The van der Waals surface area contributed by atoms with Crippen molar-refractivity contribution < 1.29 is 9.72 Å². The summed E-state index contributed by atoms with van der Waals surface area (Å²) in [5.41, 5.74) is 6.11. The van der Waals surface area contributed by atoms with Crippen molar-refractivity contribution in [1.82, 2.24) is 4.90 Å². The van der Waals surface area contributed by atoms with Gasteiger partial charge in [0.2, 0.25) is 5.91 Å². The lowest BCUT2D eigenvalue weighted by molar-refractivity contribution is -0.385. The minimum Gasteiger partial charge on any atom is -0.339 e. The minimum atomic E-state index is -0.446. The van der Waals surface area contributed by atoms with Crippen molar-refractivity contribution >= 4 is 11.6 Å². The first-order valence-corrected chi connectivity index (χ1v) is 6.74. The molecule has 1 saturated heterocycles. The van der Waals surface area contributed by atoms with Gasteiger partial charge < -0.3 is 10.6 Å². The molecule has 2 N–H and O–H groups in total. The van der Waals surface area contributed by atoms with Gasteiger partial charge in [0.25, 0.3) is 5.69 Å². The summed E-state index contributed by atoms with van der Waals surface area (Å²) in [6, 6.07) is 6.54. The molecule has 0 aliphatic carbocycles. The number of nitro groups is 1. The van der Waals surface area contributed by atoms with Gasteiger partial charge in [-0.1, -0.05) is 18.2 Å². The molecule has 0 spiro atoms. The molecule has 1 amide bonds. The quantitative estimate of drug-likeness (QED) is 0.664. The first-order valence-electron chi connectivity index (χ1n) is 6.74. The maximum Gasteiger partial charge on any atom is 0.273 e. The van der Waals surface area contributed by atoms with Crippen LogP contribution in [-0.4, -0.2) is 34.9 Å². The Morgan fingerprint density at radius 3 is 2.80 bits per heavy atom. The van der Waals surface area contributed by atoms with E-state index in [4.69, 9.17) is 5.73 Å². The van der Waals surface area contributed by atoms with Crippen LogP contribution < -0.4 is 5.73 Å². The maximum absolute atomic E-state index is 12.3. The van der Waals surface area contributed by atoms with Gasteiger partial charge in [0.05, 0.1) is 11.3 Å². The molecule has 2 atom stereocenters. The Balaban J connectivity index is 2.11. The number of nitrogens with two attached hydrogens (primary N) is 1. The number of carbonyl (C=O) groups excluding carboxylic acids is 1. The molecule has 1 aromatic carbocycles. The van der Waals surface area contributed by atoms with Crippen molar-refractivity contribution in [3.05, 3.63) is 39.9 Å². The van der Waals surface area contributed by atoms with Crippen LogP contribution in [0.4, 0.5) is 5.69 Å². The van der Waals surface area contributed by atoms with Crippen molar-refractivity contribution in [3.63, 3.8) is 0 Å². The molecule has 0 aromatic heterocycles. The van der Waals surface area contributed by atoms with E-state index in [0.717, 1.165) is 6.42 Å². The van der Waals surface area contributed by atoms with E-state index in [2.05, 4.69) is 0 Å². The molecular formula is C14H19N3O3. The molecule has 1 heterocycles. The highest BCUT2D eigenvalue weighted by atomic mass is 16.6. The van der Waals surface area contributed by atoms with Gasteiger partial charge in [-0.3, -0.25) is 14.9 Å². The van der Waals surface area contributed by atoms with E-state index in [1.165, 1.54) is 6.07 Å². The smallest absolute Gasteiger partial charge is 0.273 e. The zero-order valence-corrected chi connectivity index (χ0v) is 11.5. The molecule has 1 aromatic rings. The third-order valence-electron chi connectivity index (χ3n) is 3.85. The second kappa shape index (κ2) is 6.00. The Hall–Kier alpha value is -1.95. The van der Waals surface area contributed by atoms with E-state index >= 15 is 0 Å². The highest BCUT2D eigenvalue weighted by molar-refractivity contribution is 5.80. The van der Waals surface area contributed by atoms with Gasteiger partial charge in [0.1, 0.15) is 0 Å². The van der Waals surface area contributed by atoms with Crippen LogP contribution in [0.2, 0.25) is 0 Å². The third-order valence-corrected chi connectivity index (χ3v) is 3.85. The highest BCUT2D eigenvalue weighted by Crippen LogP contribution is 2.25. The summed E-state index contributed by atoms with van der Waals surface area (Å²) in [5, 5.41) is 11.0. The number of amides is 1. The van der Waals surface area contributed by atoms with E-state index < -0.39 is 4.92 Å². The Labute approximate surface area is 117 Å². The molecule has 6 heteroatoms. The van der Waals surface area contributed by atoms with Gasteiger partial charge >= 0.3 is 0 Å². The average Bonchev–Trinajstić information content (AvgIpc) is 2.80. The summed E-state index contributed by atoms with van der Waals surface area (Å²) in [6.07, 6.45) is 0.970. The average molecular weight is 277 g/mol. The van der Waals surface area contributed by atoms with E-state index in [0.29, 0.717) is 24.6 Å². The van der Waals surface area contributed by atoms with E-state index in [9.17, 15) is 14.9 Å². The van der Waals surface area contributed by atoms with Crippen molar-refractivity contribution in [2.45, 2.75) is 25.8 Å². The van der Waals surface area contributed by atoms with Gasteiger partial charge in [-0.2, -0.15) is 0 Å². The predicted octanol–water partition coefficient (Wildman–Crippen LogP) is 1.33. The number of rotatable bonds is 4. The second-order valence-corrected chi connectivity index (χ2v) is 5.30. The number of likely N-dealkylation sites (tertiary alicyclic amines) is 1. The number of benzene rings is 1. The number of hydrogen-bond donors (Lipinski definition) is 1. The Morgan fingerprint density at radius 2 is 2.20 bits per heavy atom. The zero-order valence-electron chi connectivity index (χ0n) is 11.5. The van der Waals surface area contributed by atoms with Crippen molar-refractivity contribution in [1.29, 1.82) is 0 Å². The van der Waals surface area contributed by atoms with Crippen LogP contribution in [0, 0.1) is 16.0 Å². The first-order chi connectivity index (χ1) is 9.52. The number of para-hydroxylation sites is 1. The summed E-state index contributed by atoms with van der Waals surface area (Å²) in [4.78, 5) is 24.6. The van der Waals surface area contributed by atoms with E-state index in [-0.39, 0.29) is 24.1 Å². The zero-order chi connectivity index (χ0) is 14.7. The molecule has 1 fully saturated rings. The lowest BCUT2D eigenvalue weighted by atomic mass is 10.1. The summed E-state index contributed by atoms with van der Waals surface area (Å²) in [5.74, 6) is 0.266. The molecule has 0 bridgehead atoms. The highest BCUT2D eigenvalue weighted by Gasteiger charge is 2.32. The molecule has 6 nitrogen and oxygen atoms in total. The number of hydrogen-bond acceptors (Lipinski definition) is 4. The van der Waals surface area contributed by atoms with Crippen LogP contribution in [0.1, 0.15) is 18.9 Å². The second-order valence-electron chi connectivity index (χ2n) is 5.30. The molecule has 1 aliphatic heterocycles. The SMILES string of the molecule is CC1CC(CN)CN1C(=O)Cc1ccccc1[N+](=O)[O-]. The predicted molar refractivity (Wildman–Crippen MR) is 75.1 cm³/mol. The Morgan fingerprint density at radius 1 is 1.50 bits per heavy atom. The summed E-state index contributed by atoms with van der Waals surface area (Å²) >= 11 is 0. The Bertz CT molecular complexity index is 518. The molecule has 1 aliphatic rings. The molecular weight excluding hydrogens is 258 g/mol. The standard InChI is InChI=1S/C14H19N3O3/c1-10-6-11(8-15)9-16(10)14(18)7-12-4-2-3-5-13(12)17(19)20/h2-5,10-11H,6-9,15H2,1H3. The van der Waals surface area contributed by atoms with Crippen LogP contribution >= 0.6 is 0 Å². The summed E-state index contributed by atoms with van der Waals surface area (Å²) in [6.45, 7) is 3.21. The molecule has 108 valence electrons.